The second-order valence-corrected chi connectivity index (χ2v) is 5.67. The molecule has 3 aromatic rings. The Morgan fingerprint density at radius 3 is 2.76 bits per heavy atom. The van der Waals surface area contributed by atoms with Crippen molar-refractivity contribution in [1.29, 1.82) is 0 Å². The smallest absolute Gasteiger partial charge is 0.124 e. The molecule has 2 aromatic carbocycles. The van der Waals surface area contributed by atoms with Crippen molar-refractivity contribution in [1.82, 2.24) is 15.3 Å². The van der Waals surface area contributed by atoms with Crippen molar-refractivity contribution < 1.29 is 0 Å². The molecule has 1 unspecified atom stereocenters. The maximum Gasteiger partial charge on any atom is 0.124 e. The number of aryl methyl sites for hydroxylation is 2. The molecule has 3 rings (SSSR count). The van der Waals surface area contributed by atoms with Crippen molar-refractivity contribution in [3.05, 3.63) is 65.0 Å². The Labute approximate surface area is 125 Å². The van der Waals surface area contributed by atoms with Crippen LogP contribution < -0.4 is 5.32 Å². The predicted octanol–water partition coefficient (Wildman–Crippen LogP) is 4.03. The van der Waals surface area contributed by atoms with Gasteiger partial charge in [-0.1, -0.05) is 35.9 Å². The number of rotatable bonds is 4. The second kappa shape index (κ2) is 5.70. The SMILES string of the molecule is Cc1ccc(C)c(CNC(C)c2nc3ccccc3[nH]2)c1. The van der Waals surface area contributed by atoms with E-state index in [4.69, 9.17) is 0 Å². The first-order valence-corrected chi connectivity index (χ1v) is 7.37. The molecule has 1 atom stereocenters. The largest absolute Gasteiger partial charge is 0.341 e. The molecule has 21 heavy (non-hydrogen) atoms. The van der Waals surface area contributed by atoms with Crippen LogP contribution in [-0.4, -0.2) is 9.97 Å². The van der Waals surface area contributed by atoms with Crippen LogP contribution in [0.1, 0.15) is 35.5 Å². The highest BCUT2D eigenvalue weighted by Crippen LogP contribution is 2.17. The van der Waals surface area contributed by atoms with Crippen molar-refractivity contribution in [2.24, 2.45) is 0 Å². The van der Waals surface area contributed by atoms with Gasteiger partial charge in [0.25, 0.3) is 0 Å². The fourth-order valence-electron chi connectivity index (χ4n) is 2.53. The third kappa shape index (κ3) is 2.98. The van der Waals surface area contributed by atoms with Crippen molar-refractivity contribution in [3.63, 3.8) is 0 Å². The Bertz CT molecular complexity index is 725. The zero-order valence-electron chi connectivity index (χ0n) is 12.8. The number of fused-ring (bicyclic) bond motifs is 1. The van der Waals surface area contributed by atoms with Gasteiger partial charge >= 0.3 is 0 Å². The molecule has 0 spiro atoms. The van der Waals surface area contributed by atoms with Gasteiger partial charge in [0, 0.05) is 6.54 Å². The molecule has 2 N–H and O–H groups in total. The molecule has 108 valence electrons. The van der Waals surface area contributed by atoms with Gasteiger partial charge in [-0.3, -0.25) is 0 Å². The van der Waals surface area contributed by atoms with Gasteiger partial charge in [-0.05, 0) is 44.0 Å². The number of para-hydroxylation sites is 2. The number of nitrogens with zero attached hydrogens (tertiary/aromatic N) is 1. The summed E-state index contributed by atoms with van der Waals surface area (Å²) >= 11 is 0. The van der Waals surface area contributed by atoms with Crippen LogP contribution in [0.3, 0.4) is 0 Å². The predicted molar refractivity (Wildman–Crippen MR) is 87.3 cm³/mol. The van der Waals surface area contributed by atoms with E-state index in [1.165, 1.54) is 16.7 Å². The van der Waals surface area contributed by atoms with Crippen LogP contribution in [0.5, 0.6) is 0 Å². The fourth-order valence-corrected chi connectivity index (χ4v) is 2.53. The lowest BCUT2D eigenvalue weighted by atomic mass is 10.1. The first-order valence-electron chi connectivity index (χ1n) is 7.37. The Hall–Kier alpha value is -2.13. The summed E-state index contributed by atoms with van der Waals surface area (Å²) in [7, 11) is 0. The molecule has 1 heterocycles. The molecule has 0 aliphatic carbocycles. The van der Waals surface area contributed by atoms with E-state index >= 15 is 0 Å². The number of aromatic nitrogens is 2. The summed E-state index contributed by atoms with van der Waals surface area (Å²) < 4.78 is 0. The summed E-state index contributed by atoms with van der Waals surface area (Å²) in [5, 5.41) is 3.55. The lowest BCUT2D eigenvalue weighted by Gasteiger charge is -2.13. The molecule has 0 radical (unpaired) electrons. The molecule has 3 nitrogen and oxygen atoms in total. The van der Waals surface area contributed by atoms with Crippen LogP contribution in [0.15, 0.2) is 42.5 Å². The number of hydrogen-bond donors (Lipinski definition) is 2. The number of nitrogens with one attached hydrogen (secondary N) is 2. The van der Waals surface area contributed by atoms with Crippen LogP contribution in [0.2, 0.25) is 0 Å². The minimum Gasteiger partial charge on any atom is -0.341 e. The van der Waals surface area contributed by atoms with E-state index in [2.05, 4.69) is 60.3 Å². The van der Waals surface area contributed by atoms with Crippen LogP contribution in [-0.2, 0) is 6.54 Å². The Morgan fingerprint density at radius 2 is 1.95 bits per heavy atom. The first kappa shape index (κ1) is 13.8. The molecule has 1 aromatic heterocycles. The van der Waals surface area contributed by atoms with Crippen molar-refractivity contribution >= 4 is 11.0 Å². The fraction of sp³-hybridized carbons (Fsp3) is 0.278. The molecule has 3 heteroatoms. The lowest BCUT2D eigenvalue weighted by molar-refractivity contribution is 0.551. The lowest BCUT2D eigenvalue weighted by Crippen LogP contribution is -2.19. The number of hydrogen-bond acceptors (Lipinski definition) is 2. The Balaban J connectivity index is 1.74. The average Bonchev–Trinajstić information content (AvgIpc) is 2.92. The molecule has 0 bridgehead atoms. The van der Waals surface area contributed by atoms with Crippen LogP contribution in [0, 0.1) is 13.8 Å². The summed E-state index contributed by atoms with van der Waals surface area (Å²) in [6.07, 6.45) is 0. The minimum atomic E-state index is 0.192. The van der Waals surface area contributed by atoms with Gasteiger partial charge in [-0.2, -0.15) is 0 Å². The van der Waals surface area contributed by atoms with Gasteiger partial charge in [-0.15, -0.1) is 0 Å². The number of aromatic amines is 1. The average molecular weight is 279 g/mol. The molecule has 0 aliphatic heterocycles. The second-order valence-electron chi connectivity index (χ2n) is 5.67. The quantitative estimate of drug-likeness (QED) is 0.757. The van der Waals surface area contributed by atoms with Gasteiger partial charge < -0.3 is 10.3 Å². The van der Waals surface area contributed by atoms with Gasteiger partial charge in [-0.25, -0.2) is 4.98 Å². The summed E-state index contributed by atoms with van der Waals surface area (Å²) in [5.41, 5.74) is 6.08. The van der Waals surface area contributed by atoms with Crippen molar-refractivity contribution in [2.75, 3.05) is 0 Å². The number of benzene rings is 2. The highest BCUT2D eigenvalue weighted by atomic mass is 15.0. The van der Waals surface area contributed by atoms with E-state index < -0.39 is 0 Å². The third-order valence-electron chi connectivity index (χ3n) is 3.92. The number of imidazole rings is 1. The van der Waals surface area contributed by atoms with E-state index in [1.807, 2.05) is 18.2 Å². The summed E-state index contributed by atoms with van der Waals surface area (Å²) in [5.74, 6) is 0.988. The van der Waals surface area contributed by atoms with Crippen LogP contribution in [0.4, 0.5) is 0 Å². The van der Waals surface area contributed by atoms with E-state index in [9.17, 15) is 0 Å². The van der Waals surface area contributed by atoms with Gasteiger partial charge in [0.2, 0.25) is 0 Å². The Kier molecular flexibility index (Phi) is 3.76. The molecular weight excluding hydrogens is 258 g/mol. The first-order chi connectivity index (χ1) is 10.1. The minimum absolute atomic E-state index is 0.192. The third-order valence-corrected chi connectivity index (χ3v) is 3.92. The molecular formula is C18H21N3. The zero-order chi connectivity index (χ0) is 14.8. The van der Waals surface area contributed by atoms with E-state index in [-0.39, 0.29) is 6.04 Å². The molecule has 0 fully saturated rings. The Morgan fingerprint density at radius 1 is 1.14 bits per heavy atom. The van der Waals surface area contributed by atoms with Crippen molar-refractivity contribution in [2.45, 2.75) is 33.4 Å². The van der Waals surface area contributed by atoms with E-state index in [1.54, 1.807) is 0 Å². The molecule has 0 saturated heterocycles. The monoisotopic (exact) mass is 279 g/mol. The normalized spacial score (nSPS) is 12.7. The number of H-pyrrole nitrogens is 1. The van der Waals surface area contributed by atoms with Crippen molar-refractivity contribution in [3.8, 4) is 0 Å². The van der Waals surface area contributed by atoms with E-state index in [0.717, 1.165) is 23.4 Å². The summed E-state index contributed by atoms with van der Waals surface area (Å²) in [6, 6.07) is 14.9. The maximum atomic E-state index is 4.65. The molecule has 0 aliphatic rings. The zero-order valence-corrected chi connectivity index (χ0v) is 12.8. The van der Waals surface area contributed by atoms with Gasteiger partial charge in [0.15, 0.2) is 0 Å². The topological polar surface area (TPSA) is 40.7 Å². The molecule has 0 amide bonds. The van der Waals surface area contributed by atoms with Crippen LogP contribution in [0.25, 0.3) is 11.0 Å². The summed E-state index contributed by atoms with van der Waals surface area (Å²) in [4.78, 5) is 8.03. The van der Waals surface area contributed by atoms with Gasteiger partial charge in [0.1, 0.15) is 5.82 Å². The van der Waals surface area contributed by atoms with Gasteiger partial charge in [0.05, 0.1) is 17.1 Å². The maximum absolute atomic E-state index is 4.65. The molecule has 0 saturated carbocycles. The highest BCUT2D eigenvalue weighted by molar-refractivity contribution is 5.74. The van der Waals surface area contributed by atoms with E-state index in [0.29, 0.717) is 0 Å². The standard InChI is InChI=1S/C18H21N3/c1-12-8-9-13(2)15(10-12)11-19-14(3)18-20-16-6-4-5-7-17(16)21-18/h4-10,14,19H,11H2,1-3H3,(H,20,21). The highest BCUT2D eigenvalue weighted by Gasteiger charge is 2.10. The van der Waals surface area contributed by atoms with Crippen LogP contribution >= 0.6 is 0 Å². The summed E-state index contributed by atoms with van der Waals surface area (Å²) in [6.45, 7) is 7.28.